The number of carbonyl (C=O) groups excluding carboxylic acids is 1. The van der Waals surface area contributed by atoms with Crippen molar-refractivity contribution in [3.05, 3.63) is 35.4 Å². The first kappa shape index (κ1) is 17.3. The van der Waals surface area contributed by atoms with Gasteiger partial charge in [0.25, 0.3) is 0 Å². The third kappa shape index (κ3) is 5.60. The number of ether oxygens (including phenoxy) is 1. The van der Waals surface area contributed by atoms with Crippen molar-refractivity contribution in [2.75, 3.05) is 26.9 Å². The summed E-state index contributed by atoms with van der Waals surface area (Å²) in [6, 6.07) is 3.36. The van der Waals surface area contributed by atoms with Crippen LogP contribution < -0.4 is 10.6 Å². The average molecular weight is 306 g/mol. The minimum absolute atomic E-state index is 0.0217. The summed E-state index contributed by atoms with van der Waals surface area (Å²) in [5.74, 6) is 0. The number of aliphatic hydroxyl groups is 1. The van der Waals surface area contributed by atoms with Crippen LogP contribution in [0, 0.1) is 0 Å². The van der Waals surface area contributed by atoms with Gasteiger partial charge < -0.3 is 20.5 Å². The zero-order valence-electron chi connectivity index (χ0n) is 11.4. The second-order valence-corrected chi connectivity index (χ2v) is 4.25. The van der Waals surface area contributed by atoms with E-state index in [1.165, 1.54) is 19.2 Å². The molecule has 0 bridgehead atoms. The van der Waals surface area contributed by atoms with Crippen molar-refractivity contribution in [1.29, 1.82) is 0 Å². The molecule has 1 aromatic rings. The average Bonchev–Trinajstić information content (AvgIpc) is 2.44. The molecule has 1 rings (SSSR count). The van der Waals surface area contributed by atoms with Gasteiger partial charge in [-0.1, -0.05) is 12.1 Å². The van der Waals surface area contributed by atoms with Crippen molar-refractivity contribution in [3.8, 4) is 0 Å². The number of halogens is 3. The van der Waals surface area contributed by atoms with Gasteiger partial charge in [0.1, 0.15) is 0 Å². The molecule has 0 heterocycles. The van der Waals surface area contributed by atoms with Gasteiger partial charge in [-0.15, -0.1) is 0 Å². The SMILES string of the molecule is COCC(NC(=O)NCCO)c1cccc(C(F)(F)F)c1. The molecule has 0 radical (unpaired) electrons. The second kappa shape index (κ2) is 7.84. The molecule has 0 aliphatic carbocycles. The van der Waals surface area contributed by atoms with Crippen LogP contribution in [-0.4, -0.2) is 38.0 Å². The number of carbonyl (C=O) groups is 1. The summed E-state index contributed by atoms with van der Waals surface area (Å²) in [6.07, 6.45) is -4.45. The van der Waals surface area contributed by atoms with Crippen LogP contribution in [0.15, 0.2) is 24.3 Å². The van der Waals surface area contributed by atoms with Crippen LogP contribution in [-0.2, 0) is 10.9 Å². The Balaban J connectivity index is 2.87. The van der Waals surface area contributed by atoms with Crippen molar-refractivity contribution >= 4 is 6.03 Å². The first-order valence-corrected chi connectivity index (χ1v) is 6.19. The number of urea groups is 1. The van der Waals surface area contributed by atoms with Gasteiger partial charge in [0.05, 0.1) is 24.8 Å². The quantitative estimate of drug-likeness (QED) is 0.749. The third-order valence-corrected chi connectivity index (χ3v) is 2.65. The maximum atomic E-state index is 12.7. The number of methoxy groups -OCH3 is 1. The van der Waals surface area contributed by atoms with Gasteiger partial charge in [-0.3, -0.25) is 0 Å². The smallest absolute Gasteiger partial charge is 0.395 e. The lowest BCUT2D eigenvalue weighted by molar-refractivity contribution is -0.137. The predicted molar refractivity (Wildman–Crippen MR) is 69.7 cm³/mol. The van der Waals surface area contributed by atoms with E-state index in [9.17, 15) is 18.0 Å². The Morgan fingerprint density at radius 1 is 1.43 bits per heavy atom. The van der Waals surface area contributed by atoms with Crippen molar-refractivity contribution in [2.45, 2.75) is 12.2 Å². The van der Waals surface area contributed by atoms with Gasteiger partial charge in [0, 0.05) is 13.7 Å². The summed E-state index contributed by atoms with van der Waals surface area (Å²) in [7, 11) is 1.38. The van der Waals surface area contributed by atoms with Crippen molar-refractivity contribution in [2.24, 2.45) is 0 Å². The molecule has 0 fully saturated rings. The Hall–Kier alpha value is -1.80. The Bertz CT molecular complexity index is 466. The van der Waals surface area contributed by atoms with Crippen LogP contribution >= 0.6 is 0 Å². The highest BCUT2D eigenvalue weighted by Gasteiger charge is 2.31. The molecule has 21 heavy (non-hydrogen) atoms. The van der Waals surface area contributed by atoms with Gasteiger partial charge in [0.2, 0.25) is 0 Å². The molecule has 0 saturated heterocycles. The lowest BCUT2D eigenvalue weighted by Crippen LogP contribution is -2.40. The van der Waals surface area contributed by atoms with Crippen LogP contribution in [0.5, 0.6) is 0 Å². The predicted octanol–water partition coefficient (Wildman–Crippen LogP) is 1.68. The number of rotatable bonds is 6. The molecule has 0 aliphatic rings. The van der Waals surface area contributed by atoms with Crippen LogP contribution in [0.4, 0.5) is 18.0 Å². The molecule has 0 aliphatic heterocycles. The van der Waals surface area contributed by atoms with Crippen molar-refractivity contribution < 1.29 is 27.8 Å². The van der Waals surface area contributed by atoms with Crippen molar-refractivity contribution in [3.63, 3.8) is 0 Å². The van der Waals surface area contributed by atoms with E-state index in [1.807, 2.05) is 0 Å². The molecule has 2 amide bonds. The zero-order valence-corrected chi connectivity index (χ0v) is 11.4. The fourth-order valence-electron chi connectivity index (χ4n) is 1.70. The summed E-state index contributed by atoms with van der Waals surface area (Å²) in [5, 5.41) is 13.5. The molecule has 1 aromatic carbocycles. The lowest BCUT2D eigenvalue weighted by Gasteiger charge is -2.20. The largest absolute Gasteiger partial charge is 0.416 e. The van der Waals surface area contributed by atoms with Gasteiger partial charge >= 0.3 is 12.2 Å². The van der Waals surface area contributed by atoms with Crippen LogP contribution in [0.2, 0.25) is 0 Å². The maximum Gasteiger partial charge on any atom is 0.416 e. The Morgan fingerprint density at radius 2 is 2.14 bits per heavy atom. The molecule has 5 nitrogen and oxygen atoms in total. The fraction of sp³-hybridized carbons (Fsp3) is 0.462. The van der Waals surface area contributed by atoms with Crippen molar-refractivity contribution in [1.82, 2.24) is 10.6 Å². The summed E-state index contributed by atoms with van der Waals surface area (Å²) in [6.45, 7) is -0.159. The number of hydrogen-bond donors (Lipinski definition) is 3. The topological polar surface area (TPSA) is 70.6 Å². The molecule has 0 saturated carbocycles. The monoisotopic (exact) mass is 306 g/mol. The Labute approximate surface area is 120 Å². The minimum atomic E-state index is -4.45. The molecule has 0 aromatic heterocycles. The molecular formula is C13H17F3N2O3. The Kier molecular flexibility index (Phi) is 6.44. The standard InChI is InChI=1S/C13H17F3N2O3/c1-21-8-11(18-12(20)17-5-6-19)9-3-2-4-10(7-9)13(14,15)16/h2-4,7,11,19H,5-6,8H2,1H3,(H2,17,18,20). The lowest BCUT2D eigenvalue weighted by atomic mass is 10.0. The molecule has 1 atom stereocenters. The highest BCUT2D eigenvalue weighted by atomic mass is 19.4. The van der Waals surface area contributed by atoms with Gasteiger partial charge in [-0.25, -0.2) is 4.79 Å². The zero-order chi connectivity index (χ0) is 15.9. The number of amides is 2. The van der Waals surface area contributed by atoms with Crippen LogP contribution in [0.3, 0.4) is 0 Å². The minimum Gasteiger partial charge on any atom is -0.395 e. The molecule has 118 valence electrons. The number of alkyl halides is 3. The fourth-order valence-corrected chi connectivity index (χ4v) is 1.70. The maximum absolute atomic E-state index is 12.7. The van der Waals surface area contributed by atoms with E-state index < -0.39 is 23.8 Å². The van der Waals surface area contributed by atoms with E-state index in [0.29, 0.717) is 0 Å². The summed E-state index contributed by atoms with van der Waals surface area (Å²) >= 11 is 0. The third-order valence-electron chi connectivity index (χ3n) is 2.65. The van der Waals surface area contributed by atoms with E-state index in [2.05, 4.69) is 10.6 Å². The summed E-state index contributed by atoms with van der Waals surface area (Å²) in [5.41, 5.74) is -0.510. The van der Waals surface area contributed by atoms with E-state index >= 15 is 0 Å². The molecule has 3 N–H and O–H groups in total. The highest BCUT2D eigenvalue weighted by Crippen LogP contribution is 2.30. The normalized spacial score (nSPS) is 12.8. The number of nitrogens with one attached hydrogen (secondary N) is 2. The van der Waals surface area contributed by atoms with E-state index in [0.717, 1.165) is 12.1 Å². The van der Waals surface area contributed by atoms with E-state index in [-0.39, 0.29) is 25.3 Å². The second-order valence-electron chi connectivity index (χ2n) is 4.25. The molecular weight excluding hydrogens is 289 g/mol. The molecule has 1 unspecified atom stereocenters. The van der Waals surface area contributed by atoms with E-state index in [1.54, 1.807) is 0 Å². The number of hydrogen-bond acceptors (Lipinski definition) is 3. The molecule has 0 spiro atoms. The number of benzene rings is 1. The van der Waals surface area contributed by atoms with E-state index in [4.69, 9.17) is 9.84 Å². The first-order chi connectivity index (χ1) is 9.88. The Morgan fingerprint density at radius 3 is 2.71 bits per heavy atom. The van der Waals surface area contributed by atoms with Gasteiger partial charge in [-0.2, -0.15) is 13.2 Å². The number of aliphatic hydroxyl groups excluding tert-OH is 1. The van der Waals surface area contributed by atoms with Gasteiger partial charge in [-0.05, 0) is 17.7 Å². The summed E-state index contributed by atoms with van der Waals surface area (Å²) in [4.78, 5) is 11.5. The van der Waals surface area contributed by atoms with Crippen LogP contribution in [0.25, 0.3) is 0 Å². The molecule has 8 heteroatoms. The van der Waals surface area contributed by atoms with Gasteiger partial charge in [0.15, 0.2) is 0 Å². The summed E-state index contributed by atoms with van der Waals surface area (Å²) < 4.78 is 43.0. The first-order valence-electron chi connectivity index (χ1n) is 6.19. The van der Waals surface area contributed by atoms with Crippen LogP contribution in [0.1, 0.15) is 17.2 Å². The highest BCUT2D eigenvalue weighted by molar-refractivity contribution is 5.74.